The second-order valence-corrected chi connectivity index (χ2v) is 9.97. The normalized spacial score (nSPS) is 16.3. The predicted octanol–water partition coefficient (Wildman–Crippen LogP) is 3.30. The molecule has 9 heteroatoms. The first-order valence-electron chi connectivity index (χ1n) is 11.8. The predicted molar refractivity (Wildman–Crippen MR) is 141 cm³/mol. The highest BCUT2D eigenvalue weighted by molar-refractivity contribution is 6.61. The highest BCUT2D eigenvalue weighted by Crippen LogP contribution is 2.36. The van der Waals surface area contributed by atoms with Crippen molar-refractivity contribution >= 4 is 18.3 Å². The summed E-state index contributed by atoms with van der Waals surface area (Å²) in [7, 11) is -0.513. The fourth-order valence-corrected chi connectivity index (χ4v) is 3.98. The van der Waals surface area contributed by atoms with E-state index >= 15 is 0 Å². The highest BCUT2D eigenvalue weighted by atomic mass is 16.7. The molecule has 0 bridgehead atoms. The number of benzene rings is 2. The first kappa shape index (κ1) is 23.9. The minimum absolute atomic E-state index is 0.184. The molecule has 1 aliphatic rings. The van der Waals surface area contributed by atoms with Gasteiger partial charge in [0.15, 0.2) is 5.82 Å². The van der Waals surface area contributed by atoms with Crippen molar-refractivity contribution in [2.45, 2.75) is 45.4 Å². The number of rotatable bonds is 5. The van der Waals surface area contributed by atoms with Crippen LogP contribution in [0.4, 0.5) is 5.69 Å². The Bertz CT molecular complexity index is 1450. The van der Waals surface area contributed by atoms with E-state index < -0.39 is 18.3 Å². The molecule has 3 heterocycles. The van der Waals surface area contributed by atoms with Crippen LogP contribution in [0.3, 0.4) is 0 Å². The van der Waals surface area contributed by atoms with Crippen molar-refractivity contribution in [3.63, 3.8) is 0 Å². The standard InChI is InChI=1S/C27H28BN5O3/c1-26(2)27(3,4)36-28(35-26)21-15-30-25(31-16-21)20-9-5-7-18(13-20)17-33-24(34)12-11-23(32-33)19-8-6-10-22(29)14-19/h5-16H,17,29H2,1-4H3. The molecule has 0 saturated carbocycles. The monoisotopic (exact) mass is 481 g/mol. The minimum atomic E-state index is -0.513. The number of nitrogens with zero attached hydrogens (tertiary/aromatic N) is 4. The van der Waals surface area contributed by atoms with Gasteiger partial charge in [0, 0.05) is 40.7 Å². The Kier molecular flexibility index (Phi) is 5.98. The number of hydrogen-bond acceptors (Lipinski definition) is 7. The van der Waals surface area contributed by atoms with Crippen LogP contribution in [0.2, 0.25) is 0 Å². The van der Waals surface area contributed by atoms with Gasteiger partial charge in [0.1, 0.15) is 0 Å². The van der Waals surface area contributed by atoms with Gasteiger partial charge in [-0.2, -0.15) is 5.10 Å². The smallest absolute Gasteiger partial charge is 0.399 e. The minimum Gasteiger partial charge on any atom is -0.399 e. The maximum atomic E-state index is 12.5. The lowest BCUT2D eigenvalue weighted by molar-refractivity contribution is 0.00578. The zero-order chi connectivity index (χ0) is 25.5. The molecule has 2 aromatic carbocycles. The Morgan fingerprint density at radius 1 is 0.889 bits per heavy atom. The largest absolute Gasteiger partial charge is 0.498 e. The molecule has 0 amide bonds. The van der Waals surface area contributed by atoms with Gasteiger partial charge in [-0.1, -0.05) is 30.3 Å². The van der Waals surface area contributed by atoms with E-state index in [-0.39, 0.29) is 5.56 Å². The SMILES string of the molecule is CC1(C)OB(c2cnc(-c3cccc(Cn4nc(-c5cccc(N)c5)ccc4=O)c3)nc2)OC1(C)C. The molecule has 36 heavy (non-hydrogen) atoms. The molecule has 182 valence electrons. The van der Waals surface area contributed by atoms with Gasteiger partial charge < -0.3 is 15.0 Å². The molecule has 0 spiro atoms. The second-order valence-electron chi connectivity index (χ2n) is 9.97. The molecule has 2 aromatic heterocycles. The van der Waals surface area contributed by atoms with Crippen LogP contribution >= 0.6 is 0 Å². The number of hydrogen-bond donors (Lipinski definition) is 1. The van der Waals surface area contributed by atoms with Crippen LogP contribution in [0.25, 0.3) is 22.6 Å². The Hall–Kier alpha value is -3.82. The molecule has 1 saturated heterocycles. The lowest BCUT2D eigenvalue weighted by atomic mass is 9.81. The van der Waals surface area contributed by atoms with E-state index in [0.29, 0.717) is 23.8 Å². The summed E-state index contributed by atoms with van der Waals surface area (Å²) in [5, 5.41) is 4.55. The fourth-order valence-electron chi connectivity index (χ4n) is 3.98. The fraction of sp³-hybridized carbons (Fsp3) is 0.259. The van der Waals surface area contributed by atoms with Gasteiger partial charge in [-0.05, 0) is 57.5 Å². The van der Waals surface area contributed by atoms with Crippen LogP contribution in [0.5, 0.6) is 0 Å². The highest BCUT2D eigenvalue weighted by Gasteiger charge is 2.51. The van der Waals surface area contributed by atoms with Crippen molar-refractivity contribution in [1.29, 1.82) is 0 Å². The molecule has 1 fully saturated rings. The quantitative estimate of drug-likeness (QED) is 0.345. The lowest BCUT2D eigenvalue weighted by Gasteiger charge is -2.32. The van der Waals surface area contributed by atoms with Crippen LogP contribution in [-0.4, -0.2) is 38.1 Å². The Balaban J connectivity index is 1.36. The molecule has 2 N–H and O–H groups in total. The van der Waals surface area contributed by atoms with E-state index in [9.17, 15) is 4.79 Å². The summed E-state index contributed by atoms with van der Waals surface area (Å²) in [5.41, 5.74) is 9.56. The Morgan fingerprint density at radius 3 is 2.25 bits per heavy atom. The van der Waals surface area contributed by atoms with Gasteiger partial charge in [0.25, 0.3) is 5.56 Å². The molecule has 1 aliphatic heterocycles. The lowest BCUT2D eigenvalue weighted by Crippen LogP contribution is -2.41. The summed E-state index contributed by atoms with van der Waals surface area (Å²) < 4.78 is 13.6. The Morgan fingerprint density at radius 2 is 1.56 bits per heavy atom. The number of aromatic nitrogens is 4. The van der Waals surface area contributed by atoms with Crippen molar-refractivity contribution in [1.82, 2.24) is 19.7 Å². The third kappa shape index (κ3) is 4.67. The maximum Gasteiger partial charge on any atom is 0.498 e. The zero-order valence-electron chi connectivity index (χ0n) is 20.8. The van der Waals surface area contributed by atoms with Crippen LogP contribution in [-0.2, 0) is 15.9 Å². The van der Waals surface area contributed by atoms with Gasteiger partial charge in [-0.25, -0.2) is 14.6 Å². The maximum absolute atomic E-state index is 12.5. The van der Waals surface area contributed by atoms with Crippen LogP contribution in [0, 0.1) is 0 Å². The van der Waals surface area contributed by atoms with E-state index in [4.69, 9.17) is 15.0 Å². The zero-order valence-corrected chi connectivity index (χ0v) is 20.8. The van der Waals surface area contributed by atoms with Gasteiger partial charge >= 0.3 is 7.12 Å². The molecule has 0 atom stereocenters. The topological polar surface area (TPSA) is 105 Å². The number of nitrogen functional groups attached to an aromatic ring is 1. The van der Waals surface area contributed by atoms with Crippen molar-refractivity contribution in [3.8, 4) is 22.6 Å². The first-order chi connectivity index (χ1) is 17.1. The molecular formula is C27H28BN5O3. The summed E-state index contributed by atoms with van der Waals surface area (Å²) in [5.74, 6) is 0.575. The molecule has 0 unspecified atom stereocenters. The molecule has 4 aromatic rings. The summed E-state index contributed by atoms with van der Waals surface area (Å²) in [4.78, 5) is 21.6. The van der Waals surface area contributed by atoms with Crippen molar-refractivity contribution in [2.24, 2.45) is 0 Å². The third-order valence-corrected chi connectivity index (χ3v) is 6.76. The summed E-state index contributed by atoms with van der Waals surface area (Å²) in [6.45, 7) is 8.37. The van der Waals surface area contributed by atoms with Crippen LogP contribution < -0.4 is 16.8 Å². The molecule has 0 radical (unpaired) electrons. The van der Waals surface area contributed by atoms with Crippen molar-refractivity contribution in [3.05, 3.63) is 89.0 Å². The average molecular weight is 481 g/mol. The number of anilines is 1. The van der Waals surface area contributed by atoms with Gasteiger partial charge in [-0.15, -0.1) is 0 Å². The molecular weight excluding hydrogens is 453 g/mol. The summed E-state index contributed by atoms with van der Waals surface area (Å²) in [6, 6.07) is 18.4. The first-order valence-corrected chi connectivity index (χ1v) is 11.8. The van der Waals surface area contributed by atoms with Gasteiger partial charge in [0.05, 0.1) is 23.4 Å². The molecule has 0 aliphatic carbocycles. The van der Waals surface area contributed by atoms with E-state index in [2.05, 4.69) is 15.1 Å². The second kappa shape index (κ2) is 9.00. The van der Waals surface area contributed by atoms with Crippen molar-refractivity contribution < 1.29 is 9.31 Å². The van der Waals surface area contributed by atoms with E-state index in [1.807, 2.05) is 76.2 Å². The number of nitrogens with two attached hydrogens (primary N) is 1. The van der Waals surface area contributed by atoms with Gasteiger partial charge in [0.2, 0.25) is 0 Å². The molecule has 8 nitrogen and oxygen atoms in total. The Labute approximate surface area is 210 Å². The summed E-state index contributed by atoms with van der Waals surface area (Å²) >= 11 is 0. The summed E-state index contributed by atoms with van der Waals surface area (Å²) in [6.07, 6.45) is 3.47. The molecule has 5 rings (SSSR count). The van der Waals surface area contributed by atoms with Crippen LogP contribution in [0.15, 0.2) is 77.9 Å². The van der Waals surface area contributed by atoms with Gasteiger partial charge in [-0.3, -0.25) is 4.79 Å². The van der Waals surface area contributed by atoms with E-state index in [1.165, 1.54) is 10.7 Å². The third-order valence-electron chi connectivity index (χ3n) is 6.76. The van der Waals surface area contributed by atoms with Crippen molar-refractivity contribution in [2.75, 3.05) is 5.73 Å². The van der Waals surface area contributed by atoms with Crippen LogP contribution in [0.1, 0.15) is 33.3 Å². The van der Waals surface area contributed by atoms with E-state index in [0.717, 1.165) is 22.2 Å². The average Bonchev–Trinajstić information content (AvgIpc) is 3.07. The van der Waals surface area contributed by atoms with E-state index in [1.54, 1.807) is 18.5 Å².